The molecule has 0 unspecified atom stereocenters. The zero-order valence-corrected chi connectivity index (χ0v) is 15.6. The second-order valence-corrected chi connectivity index (χ2v) is 6.95. The highest BCUT2D eigenvalue weighted by Crippen LogP contribution is 2.34. The summed E-state index contributed by atoms with van der Waals surface area (Å²) < 4.78 is 44.0. The van der Waals surface area contributed by atoms with E-state index in [4.69, 9.17) is 4.52 Å². The number of nitrogens with zero attached hydrogens (tertiary/aromatic N) is 2. The van der Waals surface area contributed by atoms with Gasteiger partial charge >= 0.3 is 6.18 Å². The monoisotopic (exact) mass is 407 g/mol. The van der Waals surface area contributed by atoms with Gasteiger partial charge in [0, 0.05) is 5.56 Å². The van der Waals surface area contributed by atoms with Crippen molar-refractivity contribution in [1.82, 2.24) is 10.1 Å². The summed E-state index contributed by atoms with van der Waals surface area (Å²) in [4.78, 5) is 16.2. The van der Waals surface area contributed by atoms with E-state index in [0.29, 0.717) is 11.7 Å². The maximum absolute atomic E-state index is 13.0. The molecule has 1 aromatic heterocycles. The molecule has 28 heavy (non-hydrogen) atoms. The molecule has 0 fully saturated rings. The molecule has 0 atom stereocenters. The van der Waals surface area contributed by atoms with Crippen LogP contribution in [0.1, 0.15) is 17.0 Å². The molecule has 1 amide bonds. The van der Waals surface area contributed by atoms with Crippen LogP contribution in [0.25, 0.3) is 11.4 Å². The van der Waals surface area contributed by atoms with Crippen LogP contribution in [0.15, 0.2) is 53.1 Å². The molecular formula is C19H16F3N3O2S. The Morgan fingerprint density at radius 3 is 2.57 bits per heavy atom. The molecule has 1 N–H and O–H groups in total. The first-order valence-corrected chi connectivity index (χ1v) is 9.42. The first kappa shape index (κ1) is 19.9. The number of rotatable bonds is 6. The zero-order chi connectivity index (χ0) is 20.1. The highest BCUT2D eigenvalue weighted by molar-refractivity contribution is 7.99. The average Bonchev–Trinajstić information content (AvgIpc) is 3.11. The number of para-hydroxylation sites is 1. The van der Waals surface area contributed by atoms with Crippen LogP contribution < -0.4 is 5.32 Å². The molecular weight excluding hydrogens is 391 g/mol. The lowest BCUT2D eigenvalue weighted by Gasteiger charge is -2.13. The van der Waals surface area contributed by atoms with Crippen molar-refractivity contribution in [3.8, 4) is 11.4 Å². The summed E-state index contributed by atoms with van der Waals surface area (Å²) in [6.45, 7) is 1.97. The van der Waals surface area contributed by atoms with E-state index in [1.54, 1.807) is 0 Å². The van der Waals surface area contributed by atoms with Gasteiger partial charge in [-0.2, -0.15) is 18.2 Å². The summed E-state index contributed by atoms with van der Waals surface area (Å²) in [5.41, 5.74) is 0.779. The molecule has 0 saturated heterocycles. The topological polar surface area (TPSA) is 68.0 Å². The first-order chi connectivity index (χ1) is 13.3. The van der Waals surface area contributed by atoms with Crippen LogP contribution in [0.3, 0.4) is 0 Å². The van der Waals surface area contributed by atoms with Crippen LogP contribution in [0.4, 0.5) is 18.9 Å². The van der Waals surface area contributed by atoms with Gasteiger partial charge in [-0.05, 0) is 19.1 Å². The molecule has 1 heterocycles. The number of thioether (sulfide) groups is 1. The molecule has 9 heteroatoms. The number of anilines is 1. The van der Waals surface area contributed by atoms with E-state index in [9.17, 15) is 18.0 Å². The lowest BCUT2D eigenvalue weighted by atomic mass is 10.1. The van der Waals surface area contributed by atoms with Crippen molar-refractivity contribution in [2.24, 2.45) is 0 Å². The molecule has 3 rings (SSSR count). The summed E-state index contributed by atoms with van der Waals surface area (Å²) in [5, 5.41) is 6.19. The second-order valence-electron chi connectivity index (χ2n) is 5.96. The maximum Gasteiger partial charge on any atom is 0.418 e. The van der Waals surface area contributed by atoms with Gasteiger partial charge < -0.3 is 9.84 Å². The molecule has 0 saturated carbocycles. The van der Waals surface area contributed by atoms with Crippen LogP contribution in [0.5, 0.6) is 0 Å². The molecule has 0 aliphatic rings. The smallest absolute Gasteiger partial charge is 0.338 e. The summed E-state index contributed by atoms with van der Waals surface area (Å²) in [7, 11) is 0. The van der Waals surface area contributed by atoms with E-state index < -0.39 is 17.6 Å². The number of hydrogen-bond acceptors (Lipinski definition) is 5. The van der Waals surface area contributed by atoms with E-state index in [1.807, 2.05) is 31.2 Å². The maximum atomic E-state index is 13.0. The van der Waals surface area contributed by atoms with Gasteiger partial charge in [-0.1, -0.05) is 47.1 Å². The molecule has 2 aromatic carbocycles. The number of nitrogens with one attached hydrogen (secondary N) is 1. The lowest BCUT2D eigenvalue weighted by Crippen LogP contribution is -2.18. The van der Waals surface area contributed by atoms with Gasteiger partial charge in [0.25, 0.3) is 0 Å². The minimum absolute atomic E-state index is 0.0472. The number of aromatic nitrogens is 2. The summed E-state index contributed by atoms with van der Waals surface area (Å²) in [5.74, 6) is 0.463. The molecule has 0 aliphatic carbocycles. The quantitative estimate of drug-likeness (QED) is 0.627. The molecule has 0 spiro atoms. The number of benzene rings is 2. The number of aryl methyl sites for hydroxylation is 1. The van der Waals surface area contributed by atoms with Crippen LogP contribution in [-0.4, -0.2) is 21.8 Å². The summed E-state index contributed by atoms with van der Waals surface area (Å²) >= 11 is 1.17. The second kappa shape index (κ2) is 8.47. The standard InChI is InChI=1S/C19H16F3N3O2S/c1-12-6-8-13(9-7-12)18-24-17(27-25-18)11-28-10-16(26)23-15-5-3-2-4-14(15)19(20,21)22/h2-9H,10-11H2,1H3,(H,23,26). The highest BCUT2D eigenvalue weighted by atomic mass is 32.2. The van der Waals surface area contributed by atoms with Crippen LogP contribution >= 0.6 is 11.8 Å². The van der Waals surface area contributed by atoms with Crippen molar-refractivity contribution in [1.29, 1.82) is 0 Å². The van der Waals surface area contributed by atoms with Crippen LogP contribution in [0.2, 0.25) is 0 Å². The highest BCUT2D eigenvalue weighted by Gasteiger charge is 2.33. The predicted molar refractivity (Wildman–Crippen MR) is 101 cm³/mol. The van der Waals surface area contributed by atoms with Crippen molar-refractivity contribution < 1.29 is 22.5 Å². The molecule has 0 radical (unpaired) electrons. The Morgan fingerprint density at radius 2 is 1.86 bits per heavy atom. The third kappa shape index (κ3) is 5.13. The zero-order valence-electron chi connectivity index (χ0n) is 14.8. The Hall–Kier alpha value is -2.81. The summed E-state index contributed by atoms with van der Waals surface area (Å²) in [6, 6.07) is 12.5. The Bertz CT molecular complexity index is 956. The summed E-state index contributed by atoms with van der Waals surface area (Å²) in [6.07, 6.45) is -4.53. The molecule has 5 nitrogen and oxygen atoms in total. The largest absolute Gasteiger partial charge is 0.418 e. The van der Waals surface area contributed by atoms with Crippen molar-refractivity contribution in [3.63, 3.8) is 0 Å². The average molecular weight is 407 g/mol. The van der Waals surface area contributed by atoms with Gasteiger partial charge in [0.1, 0.15) is 0 Å². The number of halogens is 3. The van der Waals surface area contributed by atoms with Gasteiger partial charge in [-0.25, -0.2) is 0 Å². The normalized spacial score (nSPS) is 11.4. The van der Waals surface area contributed by atoms with E-state index in [0.717, 1.165) is 17.2 Å². The third-order valence-corrected chi connectivity index (χ3v) is 4.66. The molecule has 0 bridgehead atoms. The minimum Gasteiger partial charge on any atom is -0.338 e. The fourth-order valence-electron chi connectivity index (χ4n) is 2.39. The van der Waals surface area contributed by atoms with Gasteiger partial charge in [0.05, 0.1) is 22.8 Å². The predicted octanol–water partition coefficient (Wildman–Crippen LogP) is 4.94. The van der Waals surface area contributed by atoms with Crippen molar-refractivity contribution >= 4 is 23.4 Å². The Morgan fingerprint density at radius 1 is 1.14 bits per heavy atom. The number of amides is 1. The number of hydrogen-bond donors (Lipinski definition) is 1. The number of carbonyl (C=O) groups excluding carboxylic acids is 1. The van der Waals surface area contributed by atoms with Gasteiger partial charge in [0.2, 0.25) is 17.6 Å². The molecule has 146 valence electrons. The van der Waals surface area contributed by atoms with E-state index in [1.165, 1.54) is 30.0 Å². The van der Waals surface area contributed by atoms with E-state index in [2.05, 4.69) is 15.5 Å². The molecule has 0 aliphatic heterocycles. The Kier molecular flexibility index (Phi) is 6.03. The van der Waals surface area contributed by atoms with Crippen LogP contribution in [0, 0.1) is 6.92 Å². The van der Waals surface area contributed by atoms with Crippen molar-refractivity contribution in [3.05, 3.63) is 65.5 Å². The first-order valence-electron chi connectivity index (χ1n) is 8.26. The lowest BCUT2D eigenvalue weighted by molar-refractivity contribution is -0.137. The fourth-order valence-corrected chi connectivity index (χ4v) is 3.04. The van der Waals surface area contributed by atoms with Crippen LogP contribution in [-0.2, 0) is 16.7 Å². The van der Waals surface area contributed by atoms with E-state index in [-0.39, 0.29) is 17.2 Å². The third-order valence-electron chi connectivity index (χ3n) is 3.74. The number of alkyl halides is 3. The Labute approximate surface area is 163 Å². The van der Waals surface area contributed by atoms with Gasteiger partial charge in [0.15, 0.2) is 0 Å². The Balaban J connectivity index is 1.53. The van der Waals surface area contributed by atoms with Gasteiger partial charge in [-0.3, -0.25) is 4.79 Å². The van der Waals surface area contributed by atoms with E-state index >= 15 is 0 Å². The van der Waals surface area contributed by atoms with Crippen molar-refractivity contribution in [2.45, 2.75) is 18.9 Å². The number of carbonyl (C=O) groups is 1. The molecule has 3 aromatic rings. The SMILES string of the molecule is Cc1ccc(-c2noc(CSCC(=O)Nc3ccccc3C(F)(F)F)n2)cc1. The van der Waals surface area contributed by atoms with Crippen molar-refractivity contribution in [2.75, 3.05) is 11.1 Å². The minimum atomic E-state index is -4.53. The fraction of sp³-hybridized carbons (Fsp3) is 0.211. The van der Waals surface area contributed by atoms with Gasteiger partial charge in [-0.15, -0.1) is 11.8 Å².